The predicted octanol–water partition coefficient (Wildman–Crippen LogP) is 4.42. The number of halogens is 5. The van der Waals surface area contributed by atoms with Gasteiger partial charge in [-0.25, -0.2) is 22.0 Å². The van der Waals surface area contributed by atoms with E-state index < -0.39 is 46.8 Å². The van der Waals surface area contributed by atoms with Crippen molar-refractivity contribution in [3.05, 3.63) is 105 Å². The van der Waals surface area contributed by atoms with Crippen molar-refractivity contribution in [2.24, 2.45) is 0 Å². The number of likely N-dealkylation sites (tertiary alicyclic amines) is 1. The van der Waals surface area contributed by atoms with Gasteiger partial charge in [0, 0.05) is 38.2 Å². The van der Waals surface area contributed by atoms with Crippen molar-refractivity contribution in [1.82, 2.24) is 10.2 Å². The molecule has 0 aromatic heterocycles. The van der Waals surface area contributed by atoms with E-state index >= 15 is 0 Å². The molecule has 7 nitrogen and oxygen atoms in total. The minimum atomic E-state index is -2.34. The molecule has 2 heterocycles. The van der Waals surface area contributed by atoms with Gasteiger partial charge in [0.15, 0.2) is 29.6 Å². The summed E-state index contributed by atoms with van der Waals surface area (Å²) in [4.78, 5) is 14.4. The van der Waals surface area contributed by atoms with E-state index in [9.17, 15) is 37.0 Å². The molecule has 2 saturated heterocycles. The third-order valence-electron chi connectivity index (χ3n) is 7.47. The molecular weight excluding hydrogens is 563 g/mol. The largest absolute Gasteiger partial charge is 0.392 e. The zero-order valence-corrected chi connectivity index (χ0v) is 22.3. The maximum absolute atomic E-state index is 14.0. The molecule has 0 unspecified atom stereocenters. The standard InChI is InChI=1S/C30H29F5N2O5/c31-24-23(25(32)27(34)28(35)26(24)33)29(40)36-12-16-1-7-19(8-2-16)30-41-21(14-37-10-9-20(39)13-37)11-22(42-30)18-5-3-17(15-38)4-6-18/h1-8,20-22,30,38-39H,9-15H2,(H,36,40)/t20-,21+,22-,30-/m0/s1. The van der Waals surface area contributed by atoms with Crippen LogP contribution in [0.15, 0.2) is 48.5 Å². The number of hydrogen-bond acceptors (Lipinski definition) is 6. The highest BCUT2D eigenvalue weighted by molar-refractivity contribution is 5.94. The van der Waals surface area contributed by atoms with Crippen LogP contribution in [0.1, 0.15) is 57.8 Å². The number of aliphatic hydroxyl groups excluding tert-OH is 2. The molecule has 1 amide bonds. The van der Waals surface area contributed by atoms with Crippen LogP contribution in [-0.2, 0) is 22.6 Å². The number of carbonyl (C=O) groups excluding carboxylic acids is 1. The number of aliphatic hydroxyl groups is 2. The number of β-amino-alcohol motifs (C(OH)–C–C–N with tert-alkyl or cyclic N) is 1. The fourth-order valence-electron chi connectivity index (χ4n) is 5.17. The highest BCUT2D eigenvalue weighted by Crippen LogP contribution is 2.38. The number of hydrogen-bond donors (Lipinski definition) is 3. The van der Waals surface area contributed by atoms with Crippen molar-refractivity contribution in [2.75, 3.05) is 19.6 Å². The van der Waals surface area contributed by atoms with Crippen LogP contribution in [0.2, 0.25) is 0 Å². The molecule has 0 spiro atoms. The van der Waals surface area contributed by atoms with E-state index in [0.717, 1.165) is 17.7 Å². The van der Waals surface area contributed by atoms with Crippen molar-refractivity contribution in [3.8, 4) is 0 Å². The number of ether oxygens (including phenoxy) is 2. The Labute approximate surface area is 238 Å². The lowest BCUT2D eigenvalue weighted by atomic mass is 9.99. The van der Waals surface area contributed by atoms with Crippen molar-refractivity contribution in [3.63, 3.8) is 0 Å². The maximum Gasteiger partial charge on any atom is 0.257 e. The van der Waals surface area contributed by atoms with Gasteiger partial charge in [0.05, 0.1) is 24.9 Å². The zero-order chi connectivity index (χ0) is 30.0. The molecular formula is C30H29F5N2O5. The number of nitrogens with one attached hydrogen (secondary N) is 1. The van der Waals surface area contributed by atoms with Gasteiger partial charge in [-0.3, -0.25) is 9.69 Å². The molecule has 0 aliphatic carbocycles. The van der Waals surface area contributed by atoms with E-state index in [4.69, 9.17) is 9.47 Å². The van der Waals surface area contributed by atoms with Crippen molar-refractivity contribution in [2.45, 2.75) is 50.6 Å². The molecule has 3 aromatic rings. The molecule has 2 aliphatic rings. The van der Waals surface area contributed by atoms with E-state index in [1.807, 2.05) is 24.3 Å². The number of benzene rings is 3. The van der Waals surface area contributed by atoms with E-state index in [1.54, 1.807) is 24.3 Å². The van der Waals surface area contributed by atoms with Crippen LogP contribution < -0.4 is 5.32 Å². The smallest absolute Gasteiger partial charge is 0.257 e. The van der Waals surface area contributed by atoms with Gasteiger partial charge in [0.1, 0.15) is 5.56 Å². The van der Waals surface area contributed by atoms with Gasteiger partial charge in [-0.05, 0) is 23.1 Å². The predicted molar refractivity (Wildman–Crippen MR) is 139 cm³/mol. The fraction of sp³-hybridized carbons (Fsp3) is 0.367. The summed E-state index contributed by atoms with van der Waals surface area (Å²) < 4.78 is 80.8. The average molecular weight is 593 g/mol. The second kappa shape index (κ2) is 12.8. The first-order valence-corrected chi connectivity index (χ1v) is 13.4. The van der Waals surface area contributed by atoms with Crippen molar-refractivity contribution >= 4 is 5.91 Å². The summed E-state index contributed by atoms with van der Waals surface area (Å²) in [5.41, 5.74) is 1.28. The minimum absolute atomic E-state index is 0.0776. The Kier molecular flexibility index (Phi) is 9.19. The summed E-state index contributed by atoms with van der Waals surface area (Å²) in [6.07, 6.45) is -0.379. The molecule has 0 radical (unpaired) electrons. The zero-order valence-electron chi connectivity index (χ0n) is 22.3. The first-order valence-electron chi connectivity index (χ1n) is 13.4. The molecule has 12 heteroatoms. The summed E-state index contributed by atoms with van der Waals surface area (Å²) in [6.45, 7) is 1.60. The Morgan fingerprint density at radius 1 is 0.857 bits per heavy atom. The van der Waals surface area contributed by atoms with E-state index in [-0.39, 0.29) is 31.5 Å². The maximum atomic E-state index is 14.0. The molecule has 4 atom stereocenters. The van der Waals surface area contributed by atoms with Crippen LogP contribution >= 0.6 is 0 Å². The minimum Gasteiger partial charge on any atom is -0.392 e. The number of carbonyl (C=O) groups is 1. The Morgan fingerprint density at radius 2 is 1.45 bits per heavy atom. The number of rotatable bonds is 8. The lowest BCUT2D eigenvalue weighted by Gasteiger charge is -2.37. The van der Waals surface area contributed by atoms with Gasteiger partial charge in [0.25, 0.3) is 5.91 Å². The summed E-state index contributed by atoms with van der Waals surface area (Å²) in [6, 6.07) is 14.1. The topological polar surface area (TPSA) is 91.3 Å². The van der Waals surface area contributed by atoms with Crippen LogP contribution in [0, 0.1) is 29.1 Å². The SMILES string of the molecule is O=C(NCc1ccc([C@H]2O[C@@H](CN3CC[C@H](O)C3)C[C@@H](c3ccc(CO)cc3)O2)cc1)c1c(F)c(F)c(F)c(F)c1F. The van der Waals surface area contributed by atoms with Crippen LogP contribution in [0.3, 0.4) is 0 Å². The van der Waals surface area contributed by atoms with Gasteiger partial charge in [-0.2, -0.15) is 0 Å². The second-order valence-corrected chi connectivity index (χ2v) is 10.4. The molecule has 0 bridgehead atoms. The Morgan fingerprint density at radius 3 is 2.05 bits per heavy atom. The molecule has 2 aliphatic heterocycles. The molecule has 2 fully saturated rings. The molecule has 224 valence electrons. The highest BCUT2D eigenvalue weighted by atomic mass is 19.2. The quantitative estimate of drug-likeness (QED) is 0.204. The molecule has 3 aromatic carbocycles. The van der Waals surface area contributed by atoms with E-state index in [1.165, 1.54) is 0 Å². The van der Waals surface area contributed by atoms with Crippen LogP contribution in [0.25, 0.3) is 0 Å². The van der Waals surface area contributed by atoms with E-state index in [0.29, 0.717) is 37.1 Å². The third-order valence-corrected chi connectivity index (χ3v) is 7.47. The summed E-state index contributed by atoms with van der Waals surface area (Å²) in [7, 11) is 0. The highest BCUT2D eigenvalue weighted by Gasteiger charge is 2.34. The van der Waals surface area contributed by atoms with Gasteiger partial charge >= 0.3 is 0 Å². The summed E-state index contributed by atoms with van der Waals surface area (Å²) >= 11 is 0. The molecule has 42 heavy (non-hydrogen) atoms. The average Bonchev–Trinajstić information content (AvgIpc) is 3.42. The van der Waals surface area contributed by atoms with Crippen LogP contribution in [0.4, 0.5) is 22.0 Å². The second-order valence-electron chi connectivity index (χ2n) is 10.4. The lowest BCUT2D eigenvalue weighted by molar-refractivity contribution is -0.252. The van der Waals surface area contributed by atoms with Crippen molar-refractivity contribution in [1.29, 1.82) is 0 Å². The first kappa shape index (κ1) is 30.1. The molecule has 0 saturated carbocycles. The fourth-order valence-corrected chi connectivity index (χ4v) is 5.17. The monoisotopic (exact) mass is 592 g/mol. The normalized spacial score (nSPS) is 22.8. The summed E-state index contributed by atoms with van der Waals surface area (Å²) in [5.74, 6) is -12.6. The van der Waals surface area contributed by atoms with Gasteiger partial charge in [-0.15, -0.1) is 0 Å². The van der Waals surface area contributed by atoms with Gasteiger partial charge in [-0.1, -0.05) is 48.5 Å². The number of nitrogens with zero attached hydrogens (tertiary/aromatic N) is 1. The first-order chi connectivity index (χ1) is 20.1. The Hall–Kier alpha value is -3.42. The van der Waals surface area contributed by atoms with Crippen molar-refractivity contribution < 1.29 is 46.4 Å². The number of amides is 1. The third kappa shape index (κ3) is 6.47. The van der Waals surface area contributed by atoms with E-state index in [2.05, 4.69) is 10.2 Å². The lowest BCUT2D eigenvalue weighted by Crippen LogP contribution is -2.38. The Bertz CT molecular complexity index is 1390. The molecule has 5 rings (SSSR count). The van der Waals surface area contributed by atoms with Crippen LogP contribution in [0.5, 0.6) is 0 Å². The van der Waals surface area contributed by atoms with Gasteiger partial charge < -0.3 is 25.0 Å². The Balaban J connectivity index is 1.28. The summed E-state index contributed by atoms with van der Waals surface area (Å²) in [5, 5.41) is 21.5. The molecule has 3 N–H and O–H groups in total. The van der Waals surface area contributed by atoms with Gasteiger partial charge in [0.2, 0.25) is 5.82 Å². The van der Waals surface area contributed by atoms with Crippen LogP contribution in [-0.4, -0.2) is 52.9 Å².